The zero-order valence-corrected chi connectivity index (χ0v) is 23.1. The Kier molecular flexibility index (Phi) is 9.68. The third-order valence-electron chi connectivity index (χ3n) is 7.93. The number of aromatic nitrogens is 1. The van der Waals surface area contributed by atoms with E-state index >= 15 is 0 Å². The average Bonchev–Trinajstić information content (AvgIpc) is 2.93. The van der Waals surface area contributed by atoms with Gasteiger partial charge in [-0.15, -0.1) is 0 Å². The molecule has 4 rings (SSSR count). The molecule has 2 fully saturated rings. The molecule has 40 heavy (non-hydrogen) atoms. The van der Waals surface area contributed by atoms with E-state index in [4.69, 9.17) is 5.73 Å². The minimum absolute atomic E-state index is 0.111. The fourth-order valence-corrected chi connectivity index (χ4v) is 6.01. The van der Waals surface area contributed by atoms with Gasteiger partial charge in [0, 0.05) is 50.5 Å². The summed E-state index contributed by atoms with van der Waals surface area (Å²) >= 11 is -2.69. The first-order valence-electron chi connectivity index (χ1n) is 13.4. The van der Waals surface area contributed by atoms with E-state index in [1.807, 2.05) is 4.90 Å². The van der Waals surface area contributed by atoms with Gasteiger partial charge in [-0.05, 0) is 55.0 Å². The lowest BCUT2D eigenvalue weighted by Gasteiger charge is -2.41. The highest BCUT2D eigenvalue weighted by atomic mass is 32.2. The molecule has 1 aliphatic heterocycles. The Labute approximate surface area is 233 Å². The summed E-state index contributed by atoms with van der Waals surface area (Å²) in [5.74, 6) is -2.27. The van der Waals surface area contributed by atoms with Crippen molar-refractivity contribution in [3.63, 3.8) is 0 Å². The number of carbonyl (C=O) groups excluding carboxylic acids is 1. The number of halogens is 4. The van der Waals surface area contributed by atoms with Crippen LogP contribution in [-0.4, -0.2) is 63.8 Å². The molecule has 13 heteroatoms. The van der Waals surface area contributed by atoms with Gasteiger partial charge in [-0.3, -0.25) is 13.9 Å². The predicted molar refractivity (Wildman–Crippen MR) is 144 cm³/mol. The SMILES string of the molecule is CN(c1ccc(C(CCc2ccc(C(F)(F)F)nc2N2CCN(C3CCCCC3)CC2)C(N)=O)cc1F)S(=O)[O-]. The molecule has 1 saturated carbocycles. The standard InChI is InChI=1S/C27H35F4N5O3S/c1-34(40(38)39)23-11-8-19(17-22(23)28)21(25(32)37)10-7-18-9-12-24(27(29,30)31)33-26(18)36-15-13-35(14-16-36)20-5-3-2-4-6-20/h8-9,11-12,17,20-21H,2-7,10,13-16H2,1H3,(H2,32,37)(H,38,39)/p-1. The van der Waals surface area contributed by atoms with Crippen LogP contribution in [0.15, 0.2) is 30.3 Å². The van der Waals surface area contributed by atoms with Crippen molar-refractivity contribution < 1.29 is 31.1 Å². The molecule has 2 unspecified atom stereocenters. The maximum absolute atomic E-state index is 14.7. The van der Waals surface area contributed by atoms with Crippen LogP contribution in [0.5, 0.6) is 0 Å². The zero-order valence-electron chi connectivity index (χ0n) is 22.3. The Morgan fingerprint density at radius 3 is 2.40 bits per heavy atom. The first kappa shape index (κ1) is 30.2. The van der Waals surface area contributed by atoms with Crippen molar-refractivity contribution in [3.8, 4) is 0 Å². The lowest BCUT2D eigenvalue weighted by molar-refractivity contribution is -0.141. The second-order valence-corrected chi connectivity index (χ2v) is 11.4. The molecule has 1 aliphatic carbocycles. The van der Waals surface area contributed by atoms with Crippen molar-refractivity contribution in [2.24, 2.45) is 5.73 Å². The fraction of sp³-hybridized carbons (Fsp3) is 0.556. The molecule has 1 saturated heterocycles. The van der Waals surface area contributed by atoms with Gasteiger partial charge in [0.05, 0.1) is 11.6 Å². The van der Waals surface area contributed by atoms with E-state index in [1.54, 1.807) is 0 Å². The van der Waals surface area contributed by atoms with Crippen molar-refractivity contribution in [1.29, 1.82) is 0 Å². The van der Waals surface area contributed by atoms with Crippen LogP contribution >= 0.6 is 0 Å². The smallest absolute Gasteiger partial charge is 0.433 e. The minimum atomic E-state index is -4.60. The van der Waals surface area contributed by atoms with Crippen LogP contribution in [0.25, 0.3) is 0 Å². The molecule has 0 bridgehead atoms. The number of piperazine rings is 1. The van der Waals surface area contributed by atoms with Crippen molar-refractivity contribution >= 4 is 28.7 Å². The molecular formula is C27H34F4N5O3S-. The highest BCUT2D eigenvalue weighted by molar-refractivity contribution is 7.80. The van der Waals surface area contributed by atoms with Gasteiger partial charge in [0.15, 0.2) is 0 Å². The van der Waals surface area contributed by atoms with Crippen LogP contribution in [0.3, 0.4) is 0 Å². The maximum atomic E-state index is 14.7. The Bertz CT molecular complexity index is 1220. The van der Waals surface area contributed by atoms with Crippen molar-refractivity contribution in [2.45, 2.75) is 63.1 Å². The Morgan fingerprint density at radius 1 is 1.15 bits per heavy atom. The lowest BCUT2D eigenvalue weighted by Crippen LogP contribution is -2.51. The molecule has 2 aromatic rings. The van der Waals surface area contributed by atoms with Gasteiger partial charge in [0.1, 0.15) is 17.3 Å². The summed E-state index contributed by atoms with van der Waals surface area (Å²) in [7, 11) is 1.18. The predicted octanol–water partition coefficient (Wildman–Crippen LogP) is 4.13. The minimum Gasteiger partial charge on any atom is -0.755 e. The van der Waals surface area contributed by atoms with Crippen LogP contribution in [0.1, 0.15) is 61.3 Å². The number of amides is 1. The first-order chi connectivity index (χ1) is 19.0. The first-order valence-corrected chi connectivity index (χ1v) is 14.5. The van der Waals surface area contributed by atoms with Crippen LogP contribution in [0.2, 0.25) is 0 Å². The summed E-state index contributed by atoms with van der Waals surface area (Å²) < 4.78 is 78.5. The number of benzene rings is 1. The van der Waals surface area contributed by atoms with E-state index in [9.17, 15) is 31.1 Å². The summed E-state index contributed by atoms with van der Waals surface area (Å²) in [5, 5.41) is 0. The normalized spacial score (nSPS) is 18.9. The summed E-state index contributed by atoms with van der Waals surface area (Å²) in [6.45, 7) is 2.55. The number of nitrogens with zero attached hydrogens (tertiary/aromatic N) is 4. The molecule has 2 N–H and O–H groups in total. The van der Waals surface area contributed by atoms with Gasteiger partial charge in [-0.2, -0.15) is 13.2 Å². The van der Waals surface area contributed by atoms with Gasteiger partial charge in [-0.1, -0.05) is 31.4 Å². The van der Waals surface area contributed by atoms with Crippen LogP contribution < -0.4 is 14.9 Å². The second-order valence-electron chi connectivity index (χ2n) is 10.4. The number of pyridine rings is 1. The molecule has 1 amide bonds. The molecule has 8 nitrogen and oxygen atoms in total. The van der Waals surface area contributed by atoms with E-state index in [0.717, 1.165) is 38.1 Å². The monoisotopic (exact) mass is 584 g/mol. The number of hydrogen-bond acceptors (Lipinski definition) is 6. The molecule has 2 atom stereocenters. The topological polar surface area (TPSA) is 106 Å². The van der Waals surface area contributed by atoms with Crippen LogP contribution in [0.4, 0.5) is 29.1 Å². The quantitative estimate of drug-likeness (QED) is 0.351. The second kappa shape index (κ2) is 12.8. The van der Waals surface area contributed by atoms with Gasteiger partial charge < -0.3 is 19.5 Å². The number of carbonyl (C=O) groups is 1. The average molecular weight is 585 g/mol. The third kappa shape index (κ3) is 7.10. The molecule has 2 aliphatic rings. The fourth-order valence-electron chi connectivity index (χ4n) is 5.70. The van der Waals surface area contributed by atoms with Crippen LogP contribution in [0, 0.1) is 5.82 Å². The molecule has 1 aromatic heterocycles. The maximum Gasteiger partial charge on any atom is 0.433 e. The number of aryl methyl sites for hydroxylation is 1. The summed E-state index contributed by atoms with van der Waals surface area (Å²) in [4.78, 5) is 20.6. The van der Waals surface area contributed by atoms with Gasteiger partial charge in [0.25, 0.3) is 0 Å². The number of alkyl halides is 3. The van der Waals surface area contributed by atoms with Crippen LogP contribution in [-0.2, 0) is 28.7 Å². The third-order valence-corrected chi connectivity index (χ3v) is 8.58. The van der Waals surface area contributed by atoms with Crippen molar-refractivity contribution in [3.05, 3.63) is 53.0 Å². The Morgan fingerprint density at radius 2 is 1.82 bits per heavy atom. The number of rotatable bonds is 9. The Hall–Kier alpha value is -2.77. The van der Waals surface area contributed by atoms with Gasteiger partial charge >= 0.3 is 6.18 Å². The molecule has 0 spiro atoms. The highest BCUT2D eigenvalue weighted by Crippen LogP contribution is 2.34. The molecular weight excluding hydrogens is 550 g/mol. The summed E-state index contributed by atoms with van der Waals surface area (Å²) in [5.41, 5.74) is 5.25. The van der Waals surface area contributed by atoms with E-state index in [1.165, 1.54) is 44.5 Å². The van der Waals surface area contributed by atoms with E-state index in [2.05, 4.69) is 9.88 Å². The van der Waals surface area contributed by atoms with Gasteiger partial charge in [-0.25, -0.2) is 9.37 Å². The number of anilines is 2. The van der Waals surface area contributed by atoms with Gasteiger partial charge in [0.2, 0.25) is 5.91 Å². The lowest BCUT2D eigenvalue weighted by atomic mass is 9.91. The Balaban J connectivity index is 1.53. The zero-order chi connectivity index (χ0) is 29.0. The number of hydrogen-bond donors (Lipinski definition) is 1. The molecule has 1 aromatic carbocycles. The number of primary amides is 1. The van der Waals surface area contributed by atoms with Crippen molar-refractivity contribution in [1.82, 2.24) is 9.88 Å². The van der Waals surface area contributed by atoms with E-state index in [0.29, 0.717) is 29.0 Å². The summed E-state index contributed by atoms with van der Waals surface area (Å²) in [6.07, 6.45) is 1.63. The van der Waals surface area contributed by atoms with Crippen molar-refractivity contribution in [2.75, 3.05) is 42.4 Å². The molecule has 2 heterocycles. The largest absolute Gasteiger partial charge is 0.755 e. The summed E-state index contributed by atoms with van der Waals surface area (Å²) in [6, 6.07) is 6.56. The number of nitrogens with two attached hydrogens (primary N) is 1. The van der Waals surface area contributed by atoms with E-state index < -0.39 is 40.8 Å². The highest BCUT2D eigenvalue weighted by Gasteiger charge is 2.34. The molecule has 220 valence electrons. The van der Waals surface area contributed by atoms with E-state index in [-0.39, 0.29) is 29.9 Å². The molecule has 0 radical (unpaired) electrons.